The summed E-state index contributed by atoms with van der Waals surface area (Å²) in [4.78, 5) is 72.6. The number of rotatable bonds is 77. The molecule has 5 atom stereocenters. The van der Waals surface area contributed by atoms with Crippen molar-refractivity contribution in [3.8, 4) is 0 Å². The number of esters is 4. The van der Waals surface area contributed by atoms with Crippen molar-refractivity contribution in [2.24, 2.45) is 17.8 Å². The van der Waals surface area contributed by atoms with Gasteiger partial charge in [-0.05, 0) is 43.4 Å². The molecule has 0 radical (unpaired) electrons. The van der Waals surface area contributed by atoms with Crippen LogP contribution in [-0.4, -0.2) is 96.7 Å². The molecule has 0 aliphatic rings. The van der Waals surface area contributed by atoms with Crippen LogP contribution in [0.1, 0.15) is 408 Å². The van der Waals surface area contributed by atoms with E-state index >= 15 is 0 Å². The molecule has 2 unspecified atom stereocenters. The van der Waals surface area contributed by atoms with Gasteiger partial charge in [-0.25, -0.2) is 9.13 Å². The Morgan fingerprint density at radius 1 is 0.276 bits per heavy atom. The highest BCUT2D eigenvalue weighted by Gasteiger charge is 2.30. The molecule has 0 amide bonds. The number of hydrogen-bond donors (Lipinski definition) is 3. The van der Waals surface area contributed by atoms with E-state index in [0.717, 1.165) is 114 Å². The van der Waals surface area contributed by atoms with Crippen LogP contribution in [0.3, 0.4) is 0 Å². The average Bonchev–Trinajstić information content (AvgIpc) is 1.18. The van der Waals surface area contributed by atoms with E-state index in [2.05, 4.69) is 48.5 Å². The number of hydrogen-bond acceptors (Lipinski definition) is 15. The van der Waals surface area contributed by atoms with Gasteiger partial charge in [0, 0.05) is 25.7 Å². The first-order chi connectivity index (χ1) is 47.2. The summed E-state index contributed by atoms with van der Waals surface area (Å²) in [5.74, 6) is 0.260. The number of ether oxygens (including phenoxy) is 4. The van der Waals surface area contributed by atoms with Gasteiger partial charge < -0.3 is 33.8 Å². The van der Waals surface area contributed by atoms with E-state index in [9.17, 15) is 43.2 Å². The van der Waals surface area contributed by atoms with E-state index in [1.54, 1.807) is 0 Å². The Labute approximate surface area is 600 Å². The number of aliphatic hydroxyl groups is 1. The van der Waals surface area contributed by atoms with Crippen LogP contribution in [0.4, 0.5) is 0 Å². The molecule has 0 spiro atoms. The summed E-state index contributed by atoms with van der Waals surface area (Å²) in [5.41, 5.74) is 0. The zero-order chi connectivity index (χ0) is 72.3. The van der Waals surface area contributed by atoms with E-state index in [1.165, 1.54) is 212 Å². The molecule has 582 valence electrons. The molecular formula is C79H154O17P2. The van der Waals surface area contributed by atoms with Gasteiger partial charge in [0.05, 0.1) is 26.4 Å². The number of carbonyl (C=O) groups is 4. The van der Waals surface area contributed by atoms with Crippen LogP contribution in [-0.2, 0) is 65.4 Å². The van der Waals surface area contributed by atoms with Crippen LogP contribution in [0, 0.1) is 17.8 Å². The molecule has 0 aromatic carbocycles. The van der Waals surface area contributed by atoms with Gasteiger partial charge >= 0.3 is 39.5 Å². The van der Waals surface area contributed by atoms with Crippen molar-refractivity contribution >= 4 is 39.5 Å². The lowest BCUT2D eigenvalue weighted by atomic mass is 10.0. The SMILES string of the molecule is CCCCCCCC(=O)OC[C@H](COP(=O)(O)OC[C@H](O)COP(=O)(O)OC[C@@H](COC(=O)CCCCCCCCCCCCCCCCCCC(C)C)OC(=O)CCCCCCCCCCCCCCCCCCCCC(C)C)OC(=O)CCCCCCCCCCCCC(C)C. The Morgan fingerprint density at radius 3 is 0.694 bits per heavy atom. The van der Waals surface area contributed by atoms with Gasteiger partial charge in [0.15, 0.2) is 12.2 Å². The Balaban J connectivity index is 5.12. The Hall–Kier alpha value is -1.94. The third-order valence-electron chi connectivity index (χ3n) is 18.4. The van der Waals surface area contributed by atoms with Crippen molar-refractivity contribution in [1.29, 1.82) is 0 Å². The quantitative estimate of drug-likeness (QED) is 0.0222. The van der Waals surface area contributed by atoms with Crippen LogP contribution in [0.5, 0.6) is 0 Å². The fourth-order valence-electron chi connectivity index (χ4n) is 12.1. The maximum atomic E-state index is 13.1. The van der Waals surface area contributed by atoms with Gasteiger partial charge in [-0.2, -0.15) is 0 Å². The normalized spacial score (nSPS) is 14.0. The lowest BCUT2D eigenvalue weighted by Crippen LogP contribution is -2.30. The van der Waals surface area contributed by atoms with Crippen molar-refractivity contribution in [1.82, 2.24) is 0 Å². The molecule has 17 nitrogen and oxygen atoms in total. The minimum atomic E-state index is -4.96. The molecule has 0 aromatic rings. The van der Waals surface area contributed by atoms with Crippen LogP contribution < -0.4 is 0 Å². The highest BCUT2D eigenvalue weighted by Crippen LogP contribution is 2.45. The van der Waals surface area contributed by atoms with Gasteiger partial charge in [0.1, 0.15) is 19.3 Å². The number of aliphatic hydroxyl groups excluding tert-OH is 1. The van der Waals surface area contributed by atoms with Crippen molar-refractivity contribution < 1.29 is 80.2 Å². The summed E-state index contributed by atoms with van der Waals surface area (Å²) in [5, 5.41) is 10.6. The summed E-state index contributed by atoms with van der Waals surface area (Å²) in [6, 6.07) is 0. The van der Waals surface area contributed by atoms with Crippen LogP contribution in [0.25, 0.3) is 0 Å². The topological polar surface area (TPSA) is 237 Å². The van der Waals surface area contributed by atoms with Crippen LogP contribution >= 0.6 is 15.6 Å². The molecular weight excluding hydrogens is 1280 g/mol. The van der Waals surface area contributed by atoms with Crippen molar-refractivity contribution in [2.45, 2.75) is 426 Å². The fourth-order valence-corrected chi connectivity index (χ4v) is 13.7. The van der Waals surface area contributed by atoms with Gasteiger partial charge in [-0.1, -0.05) is 357 Å². The van der Waals surface area contributed by atoms with E-state index in [0.29, 0.717) is 25.7 Å². The molecule has 0 rings (SSSR count). The van der Waals surface area contributed by atoms with E-state index in [1.807, 2.05) is 0 Å². The number of phosphoric ester groups is 2. The van der Waals surface area contributed by atoms with Gasteiger partial charge in [-0.15, -0.1) is 0 Å². The lowest BCUT2D eigenvalue weighted by molar-refractivity contribution is -0.161. The fraction of sp³-hybridized carbons (Fsp3) is 0.949. The average molecular weight is 1440 g/mol. The Morgan fingerprint density at radius 2 is 0.469 bits per heavy atom. The number of unbranched alkanes of at least 4 members (excludes halogenated alkanes) is 45. The zero-order valence-corrected chi connectivity index (χ0v) is 66.0. The molecule has 0 bridgehead atoms. The minimum Gasteiger partial charge on any atom is -0.462 e. The summed E-state index contributed by atoms with van der Waals surface area (Å²) in [7, 11) is -9.91. The second kappa shape index (κ2) is 69.4. The first-order valence-corrected chi connectivity index (χ1v) is 43.8. The predicted molar refractivity (Wildman–Crippen MR) is 400 cm³/mol. The molecule has 98 heavy (non-hydrogen) atoms. The van der Waals surface area contributed by atoms with Gasteiger partial charge in [0.25, 0.3) is 0 Å². The molecule has 0 fully saturated rings. The highest BCUT2D eigenvalue weighted by atomic mass is 31.2. The van der Waals surface area contributed by atoms with Gasteiger partial charge in [-0.3, -0.25) is 37.3 Å². The first kappa shape index (κ1) is 96.1. The lowest BCUT2D eigenvalue weighted by Gasteiger charge is -2.21. The minimum absolute atomic E-state index is 0.105. The summed E-state index contributed by atoms with van der Waals surface area (Å²) < 4.78 is 68.4. The molecule has 0 saturated carbocycles. The monoisotopic (exact) mass is 1440 g/mol. The maximum absolute atomic E-state index is 13.1. The molecule has 0 aliphatic carbocycles. The molecule has 19 heteroatoms. The third-order valence-corrected chi connectivity index (χ3v) is 20.3. The molecule has 0 saturated heterocycles. The first-order valence-electron chi connectivity index (χ1n) is 40.8. The summed E-state index contributed by atoms with van der Waals surface area (Å²) >= 11 is 0. The molecule has 3 N–H and O–H groups in total. The largest absolute Gasteiger partial charge is 0.472 e. The number of carbonyl (C=O) groups excluding carboxylic acids is 4. The van der Waals surface area contributed by atoms with E-state index in [4.69, 9.17) is 37.0 Å². The highest BCUT2D eigenvalue weighted by molar-refractivity contribution is 7.47. The van der Waals surface area contributed by atoms with Crippen molar-refractivity contribution in [2.75, 3.05) is 39.6 Å². The third kappa shape index (κ3) is 72.4. The van der Waals surface area contributed by atoms with Crippen LogP contribution in [0.2, 0.25) is 0 Å². The van der Waals surface area contributed by atoms with Crippen LogP contribution in [0.15, 0.2) is 0 Å². The van der Waals surface area contributed by atoms with E-state index in [-0.39, 0.29) is 25.7 Å². The second-order valence-corrected chi connectivity index (χ2v) is 32.8. The molecule has 0 heterocycles. The van der Waals surface area contributed by atoms with Crippen molar-refractivity contribution in [3.63, 3.8) is 0 Å². The van der Waals surface area contributed by atoms with Crippen molar-refractivity contribution in [3.05, 3.63) is 0 Å². The molecule has 0 aromatic heterocycles. The zero-order valence-electron chi connectivity index (χ0n) is 64.3. The Bertz CT molecular complexity index is 1900. The second-order valence-electron chi connectivity index (χ2n) is 29.9. The predicted octanol–water partition coefficient (Wildman–Crippen LogP) is 23.4. The maximum Gasteiger partial charge on any atom is 0.472 e. The smallest absolute Gasteiger partial charge is 0.462 e. The number of phosphoric acid groups is 2. The van der Waals surface area contributed by atoms with E-state index < -0.39 is 97.5 Å². The van der Waals surface area contributed by atoms with Gasteiger partial charge in [0.2, 0.25) is 0 Å². The summed E-state index contributed by atoms with van der Waals surface area (Å²) in [6.45, 7) is 11.9. The molecule has 0 aliphatic heterocycles. The standard InChI is InChI=1S/C79H154O17P2/c1-8-9-10-43-53-60-76(81)89-66-74(95-78(83)63-56-49-42-36-30-29-33-39-46-52-59-72(6)7)68-93-97(85,86)91-64-73(80)65-92-98(87,88)94-69-75(67-90-77(82)61-54-47-40-34-27-23-19-16-15-18-22-26-32-38-45-51-58-71(4)5)96-79(84)62-55-48-41-35-28-24-20-14-12-11-13-17-21-25-31-37-44-50-57-70(2)3/h70-75,80H,8-69H2,1-7H3,(H,85,86)(H,87,88)/t73-,74+,75+/m0/s1. The Kier molecular flexibility index (Phi) is 68.1. The summed E-state index contributed by atoms with van der Waals surface area (Å²) in [6.07, 6.45) is 57.4.